The summed E-state index contributed by atoms with van der Waals surface area (Å²) < 4.78 is 49.2. The zero-order valence-corrected chi connectivity index (χ0v) is 27.2. The first-order valence-electron chi connectivity index (χ1n) is 12.5. The van der Waals surface area contributed by atoms with E-state index in [1.54, 1.807) is 0 Å². The Labute approximate surface area is 232 Å². The second kappa shape index (κ2) is 12.3. The highest BCUT2D eigenvalue weighted by molar-refractivity contribution is 8.07. The Kier molecular flexibility index (Phi) is 10.7. The molecule has 0 radical (unpaired) electrons. The Bertz CT molecular complexity index is 946. The molecule has 1 N–H and O–H groups in total. The van der Waals surface area contributed by atoms with Crippen molar-refractivity contribution in [1.29, 1.82) is 0 Å². The quantitative estimate of drug-likeness (QED) is 0.200. The van der Waals surface area contributed by atoms with E-state index in [1.165, 1.54) is 0 Å². The molecule has 37 heavy (non-hydrogen) atoms. The van der Waals surface area contributed by atoms with Crippen molar-refractivity contribution in [3.8, 4) is 0 Å². The topological polar surface area (TPSA) is 98.4 Å². The summed E-state index contributed by atoms with van der Waals surface area (Å²) in [6, 6.07) is 0. The van der Waals surface area contributed by atoms with E-state index in [4.69, 9.17) is 66.7 Å². The van der Waals surface area contributed by atoms with Gasteiger partial charge in [0.2, 0.25) is 6.54 Å². The third-order valence-electron chi connectivity index (χ3n) is 7.55. The van der Waals surface area contributed by atoms with Crippen LogP contribution >= 0.6 is 13.4 Å². The van der Waals surface area contributed by atoms with Crippen LogP contribution in [0.1, 0.15) is 41.5 Å². The van der Waals surface area contributed by atoms with Crippen LogP contribution in [0.2, 0.25) is 18.1 Å². The van der Waals surface area contributed by atoms with E-state index in [2.05, 4.69) is 38.7 Å². The van der Waals surface area contributed by atoms with Gasteiger partial charge in [0, 0.05) is 5.92 Å². The lowest BCUT2D eigenvalue weighted by Crippen LogP contribution is -2.49. The average Bonchev–Trinajstić information content (AvgIpc) is 3.20. The van der Waals surface area contributed by atoms with E-state index >= 15 is 0 Å². The van der Waals surface area contributed by atoms with E-state index in [0.717, 1.165) is 0 Å². The van der Waals surface area contributed by atoms with Crippen LogP contribution in [-0.4, -0.2) is 82.3 Å². The molecule has 2 unspecified atom stereocenters. The van der Waals surface area contributed by atoms with Gasteiger partial charge in [-0.15, -0.1) is 0 Å². The molecule has 0 saturated carbocycles. The molecule has 0 aromatic heterocycles. The normalized spacial score (nSPS) is 43.8. The lowest BCUT2D eigenvalue weighted by molar-refractivity contribution is -0.0411. The SMILES string of the molecule is [C-]#[N+]CCOP1(=S)OC[C@H]2O[C@@H](C)[C@H](O[Si](C)(C)C(C)(C)C)[C@@H]2OP(O)(=S)OC[C@H]2O[C@@H](C)[C@H](C)[C@@H]2O1. The number of hydrogen-bond donors (Lipinski definition) is 1. The van der Waals surface area contributed by atoms with Gasteiger partial charge in [-0.25, -0.2) is 6.57 Å². The fraction of sp³-hybridized carbons (Fsp3) is 0.955. The lowest BCUT2D eigenvalue weighted by Gasteiger charge is -2.40. The van der Waals surface area contributed by atoms with Crippen LogP contribution in [0.4, 0.5) is 0 Å². The van der Waals surface area contributed by atoms with E-state index < -0.39 is 52.3 Å². The van der Waals surface area contributed by atoms with Crippen LogP contribution in [0.3, 0.4) is 0 Å². The van der Waals surface area contributed by atoms with E-state index in [0.29, 0.717) is 0 Å². The van der Waals surface area contributed by atoms with Crippen LogP contribution in [0.25, 0.3) is 4.85 Å². The predicted octanol–water partition coefficient (Wildman–Crippen LogP) is 4.78. The van der Waals surface area contributed by atoms with Crippen molar-refractivity contribution < 1.29 is 41.4 Å². The number of fused-ring (bicyclic) bond motifs is 2. The second-order valence-electron chi connectivity index (χ2n) is 11.3. The third-order valence-corrected chi connectivity index (χ3v) is 15.9. The molecule has 0 aliphatic carbocycles. The molecular weight excluding hydrogens is 576 g/mol. The predicted molar refractivity (Wildman–Crippen MR) is 150 cm³/mol. The van der Waals surface area contributed by atoms with Crippen LogP contribution in [0.5, 0.6) is 0 Å². The summed E-state index contributed by atoms with van der Waals surface area (Å²) in [4.78, 5) is 14.4. The Hall–Kier alpha value is 0.647. The van der Waals surface area contributed by atoms with Gasteiger partial charge in [0.15, 0.2) is 8.32 Å². The Morgan fingerprint density at radius 3 is 2.22 bits per heavy atom. The second-order valence-corrected chi connectivity index (χ2v) is 21.8. The fourth-order valence-electron chi connectivity index (χ4n) is 4.19. The summed E-state index contributed by atoms with van der Waals surface area (Å²) in [6.07, 6.45) is -3.53. The zero-order valence-electron chi connectivity index (χ0n) is 22.8. The van der Waals surface area contributed by atoms with Gasteiger partial charge in [-0.2, -0.15) is 0 Å². The average molecular weight is 618 g/mol. The van der Waals surface area contributed by atoms with Gasteiger partial charge < -0.3 is 41.7 Å². The van der Waals surface area contributed by atoms with Crippen molar-refractivity contribution in [2.45, 2.75) is 102 Å². The molecular formula is C22H41NO9P2S2Si. The molecule has 0 spiro atoms. The van der Waals surface area contributed by atoms with Crippen molar-refractivity contribution in [2.75, 3.05) is 26.4 Å². The molecule has 0 bridgehead atoms. The Balaban J connectivity index is 1.92. The molecule has 3 rings (SSSR count). The van der Waals surface area contributed by atoms with Gasteiger partial charge in [-0.1, -0.05) is 27.7 Å². The molecule has 3 aliphatic rings. The molecule has 3 fully saturated rings. The van der Waals surface area contributed by atoms with Crippen molar-refractivity contribution in [1.82, 2.24) is 0 Å². The maximum atomic E-state index is 11.0. The number of rotatable bonds is 5. The standard InChI is InChI=1S/C22H41NO9P2S2Si/c1-14-15(2)28-17-12-26-33(24,35)30-21-18(13-27-34(36,31-19(14)17)25-11-10-23-7)29-16(3)20(21)32-37(8,9)22(4,5)6/h14-21H,10-13H2,1-6,8-9H3,(H,24,35)/t14-,15-,16-,17+,18+,19-,20-,21+,33?,34?/m0/s1. The molecule has 214 valence electrons. The van der Waals surface area contributed by atoms with Gasteiger partial charge >= 0.3 is 13.4 Å². The fourth-order valence-corrected chi connectivity index (χ4v) is 9.16. The minimum Gasteiger partial charge on any atom is -0.409 e. The van der Waals surface area contributed by atoms with Crippen molar-refractivity contribution in [3.05, 3.63) is 11.4 Å². The summed E-state index contributed by atoms with van der Waals surface area (Å²) in [5, 5.41) is -0.0588. The first-order valence-corrected chi connectivity index (χ1v) is 20.6. The highest BCUT2D eigenvalue weighted by Gasteiger charge is 2.52. The number of ether oxygens (including phenoxy) is 2. The first kappa shape index (κ1) is 32.2. The number of nitrogens with zero attached hydrogens (tertiary/aromatic N) is 1. The van der Waals surface area contributed by atoms with Crippen molar-refractivity contribution in [3.63, 3.8) is 0 Å². The molecule has 3 saturated heterocycles. The minimum absolute atomic E-state index is 0.0286. The zero-order chi connectivity index (χ0) is 27.8. The molecule has 0 aromatic carbocycles. The molecule has 10 nitrogen and oxygen atoms in total. The van der Waals surface area contributed by atoms with Gasteiger partial charge in [-0.3, -0.25) is 4.52 Å². The van der Waals surface area contributed by atoms with E-state index in [1.807, 2.05) is 20.8 Å². The maximum absolute atomic E-state index is 11.0. The van der Waals surface area contributed by atoms with Crippen LogP contribution in [0.15, 0.2) is 0 Å². The summed E-state index contributed by atoms with van der Waals surface area (Å²) in [7, 11) is -2.24. The minimum atomic E-state index is -3.70. The van der Waals surface area contributed by atoms with E-state index in [-0.39, 0.29) is 49.5 Å². The summed E-state index contributed by atoms with van der Waals surface area (Å²) in [5.74, 6) is -0.0535. The molecule has 10 atom stereocenters. The summed E-state index contributed by atoms with van der Waals surface area (Å²) in [5.41, 5.74) is 0. The lowest BCUT2D eigenvalue weighted by atomic mass is 10.00. The molecule has 0 aromatic rings. The monoisotopic (exact) mass is 617 g/mol. The summed E-state index contributed by atoms with van der Waals surface area (Å²) >= 11 is 11.2. The van der Waals surface area contributed by atoms with Crippen LogP contribution < -0.4 is 0 Å². The van der Waals surface area contributed by atoms with E-state index in [9.17, 15) is 4.89 Å². The highest BCUT2D eigenvalue weighted by Crippen LogP contribution is 2.56. The Morgan fingerprint density at radius 2 is 1.59 bits per heavy atom. The van der Waals surface area contributed by atoms with Gasteiger partial charge in [0.05, 0.1) is 25.4 Å². The largest absolute Gasteiger partial charge is 0.409 e. The maximum Gasteiger partial charge on any atom is 0.327 e. The van der Waals surface area contributed by atoms with Crippen LogP contribution in [0, 0.1) is 12.5 Å². The number of hydrogen-bond acceptors (Lipinski definition) is 10. The molecule has 15 heteroatoms. The first-order chi connectivity index (χ1) is 17.0. The smallest absolute Gasteiger partial charge is 0.327 e. The molecule has 0 amide bonds. The summed E-state index contributed by atoms with van der Waals surface area (Å²) in [6.45, 7) is 16.7. The Morgan fingerprint density at radius 1 is 1.00 bits per heavy atom. The molecule has 3 aliphatic heterocycles. The van der Waals surface area contributed by atoms with Crippen molar-refractivity contribution >= 4 is 45.4 Å². The van der Waals surface area contributed by atoms with Gasteiger partial charge in [-0.05, 0) is 55.6 Å². The third kappa shape index (κ3) is 7.89. The highest BCUT2D eigenvalue weighted by atomic mass is 32.5. The van der Waals surface area contributed by atoms with Crippen molar-refractivity contribution in [2.24, 2.45) is 5.92 Å². The van der Waals surface area contributed by atoms with Gasteiger partial charge in [0.1, 0.15) is 37.1 Å². The van der Waals surface area contributed by atoms with Crippen LogP contribution in [-0.2, 0) is 60.1 Å². The van der Waals surface area contributed by atoms with Gasteiger partial charge in [0.25, 0.3) is 0 Å². The molecule has 3 heterocycles.